The molecule has 0 radical (unpaired) electrons. The summed E-state index contributed by atoms with van der Waals surface area (Å²) < 4.78 is 0. The van der Waals surface area contributed by atoms with Gasteiger partial charge in [-0.1, -0.05) is 32.6 Å². The first-order valence-corrected chi connectivity index (χ1v) is 6.72. The Hall–Kier alpha value is -1.31. The minimum atomic E-state index is -0.199. The molecule has 1 amide bonds. The second-order valence-electron chi connectivity index (χ2n) is 5.18. The predicted molar refractivity (Wildman–Crippen MR) is 74.7 cm³/mol. The van der Waals surface area contributed by atoms with Crippen LogP contribution in [0.1, 0.15) is 42.9 Å². The maximum absolute atomic E-state index is 12.1. The van der Waals surface area contributed by atoms with Gasteiger partial charge in [0.15, 0.2) is 0 Å². The summed E-state index contributed by atoms with van der Waals surface area (Å²) in [6.07, 6.45) is 0. The average molecular weight is 265 g/mol. The Morgan fingerprint density at radius 3 is 2.78 bits per heavy atom. The quantitative estimate of drug-likeness (QED) is 0.806. The van der Waals surface area contributed by atoms with Crippen molar-refractivity contribution in [2.75, 3.05) is 6.61 Å². The summed E-state index contributed by atoms with van der Waals surface area (Å²) in [5, 5.41) is 13.5. The van der Waals surface area contributed by atoms with Crippen molar-refractivity contribution in [2.45, 2.75) is 33.7 Å². The highest BCUT2D eigenvalue weighted by molar-refractivity contribution is 7.12. The molecule has 0 aliphatic heterocycles. The van der Waals surface area contributed by atoms with Crippen LogP contribution >= 0.6 is 11.3 Å². The second kappa shape index (κ2) is 6.03. The standard InChI is InChI=1S/C14H19NO2S/c1-10(14(2,3)4)15-13(17)12-11(6-5-8-16)7-9-18-12/h7,9-10,16H,8H2,1-4H3,(H,15,17). The topological polar surface area (TPSA) is 49.3 Å². The van der Waals surface area contributed by atoms with Crippen LogP contribution in [0.25, 0.3) is 0 Å². The highest BCUT2D eigenvalue weighted by atomic mass is 32.1. The lowest BCUT2D eigenvalue weighted by atomic mass is 9.88. The van der Waals surface area contributed by atoms with Crippen LogP contribution in [0.5, 0.6) is 0 Å². The van der Waals surface area contributed by atoms with Crippen molar-refractivity contribution in [3.63, 3.8) is 0 Å². The fraction of sp³-hybridized carbons (Fsp3) is 0.500. The molecule has 1 rings (SSSR count). The first-order valence-electron chi connectivity index (χ1n) is 5.84. The Bertz CT molecular complexity index is 474. The number of carbonyl (C=O) groups excluding carboxylic acids is 1. The van der Waals surface area contributed by atoms with Gasteiger partial charge in [0.05, 0.1) is 0 Å². The largest absolute Gasteiger partial charge is 0.384 e. The van der Waals surface area contributed by atoms with E-state index < -0.39 is 0 Å². The first kappa shape index (κ1) is 14.7. The molecule has 1 aromatic heterocycles. The average Bonchev–Trinajstić information content (AvgIpc) is 2.72. The molecule has 1 atom stereocenters. The molecule has 0 aromatic carbocycles. The van der Waals surface area contributed by atoms with Gasteiger partial charge in [-0.2, -0.15) is 0 Å². The van der Waals surface area contributed by atoms with Crippen LogP contribution in [0.2, 0.25) is 0 Å². The zero-order chi connectivity index (χ0) is 13.8. The van der Waals surface area contributed by atoms with Gasteiger partial charge in [-0.25, -0.2) is 0 Å². The lowest BCUT2D eigenvalue weighted by Gasteiger charge is -2.27. The van der Waals surface area contributed by atoms with Crippen LogP contribution in [-0.2, 0) is 0 Å². The SMILES string of the molecule is CC(NC(=O)c1sccc1C#CCO)C(C)(C)C. The zero-order valence-corrected chi connectivity index (χ0v) is 12.0. The molecular formula is C14H19NO2S. The van der Waals surface area contributed by atoms with E-state index in [4.69, 9.17) is 5.11 Å². The molecule has 4 heteroatoms. The summed E-state index contributed by atoms with van der Waals surface area (Å²) in [4.78, 5) is 12.7. The molecule has 0 aliphatic rings. The molecule has 0 spiro atoms. The Kier molecular flexibility index (Phi) is 4.94. The molecule has 0 fully saturated rings. The number of amides is 1. The van der Waals surface area contributed by atoms with Gasteiger partial charge < -0.3 is 10.4 Å². The molecule has 0 aliphatic carbocycles. The molecule has 1 heterocycles. The number of hydrogen-bond donors (Lipinski definition) is 2. The molecule has 0 saturated heterocycles. The third kappa shape index (κ3) is 3.86. The smallest absolute Gasteiger partial charge is 0.262 e. The van der Waals surface area contributed by atoms with Crippen molar-refractivity contribution in [2.24, 2.45) is 5.41 Å². The summed E-state index contributed by atoms with van der Waals surface area (Å²) in [6, 6.07) is 1.87. The van der Waals surface area contributed by atoms with Crippen LogP contribution < -0.4 is 5.32 Å². The molecular weight excluding hydrogens is 246 g/mol. The molecule has 18 heavy (non-hydrogen) atoms. The number of carbonyl (C=O) groups is 1. The van der Waals surface area contributed by atoms with Gasteiger partial charge in [0.1, 0.15) is 11.5 Å². The summed E-state index contributed by atoms with van der Waals surface area (Å²) in [6.45, 7) is 8.04. The molecule has 98 valence electrons. The molecule has 0 saturated carbocycles. The van der Waals surface area contributed by atoms with E-state index in [2.05, 4.69) is 37.9 Å². The van der Waals surface area contributed by atoms with Gasteiger partial charge in [0, 0.05) is 11.6 Å². The maximum atomic E-state index is 12.1. The van der Waals surface area contributed by atoms with Crippen molar-refractivity contribution in [3.05, 3.63) is 21.9 Å². The predicted octanol–water partition coefficient (Wildman–Crippen LogP) is 2.26. The van der Waals surface area contributed by atoms with E-state index >= 15 is 0 Å². The Morgan fingerprint density at radius 1 is 1.56 bits per heavy atom. The highest BCUT2D eigenvalue weighted by Crippen LogP contribution is 2.21. The molecule has 0 bridgehead atoms. The van der Waals surface area contributed by atoms with E-state index in [1.807, 2.05) is 12.3 Å². The fourth-order valence-corrected chi connectivity index (χ4v) is 1.95. The second-order valence-corrected chi connectivity index (χ2v) is 6.10. The van der Waals surface area contributed by atoms with Crippen LogP contribution in [-0.4, -0.2) is 23.7 Å². The van der Waals surface area contributed by atoms with Crippen LogP contribution in [0.3, 0.4) is 0 Å². The number of aliphatic hydroxyl groups excluding tert-OH is 1. The van der Waals surface area contributed by atoms with Crippen molar-refractivity contribution in [1.29, 1.82) is 0 Å². The van der Waals surface area contributed by atoms with Gasteiger partial charge in [0.25, 0.3) is 5.91 Å². The minimum absolute atomic E-state index is 0.0177. The number of hydrogen-bond acceptors (Lipinski definition) is 3. The van der Waals surface area contributed by atoms with Crippen molar-refractivity contribution < 1.29 is 9.90 Å². The third-order valence-corrected chi connectivity index (χ3v) is 3.73. The number of rotatable bonds is 2. The van der Waals surface area contributed by atoms with Crippen molar-refractivity contribution >= 4 is 17.2 Å². The summed E-state index contributed by atoms with van der Waals surface area (Å²) in [5.41, 5.74) is 0.691. The Morgan fingerprint density at radius 2 is 2.22 bits per heavy atom. The van der Waals surface area contributed by atoms with Gasteiger partial charge >= 0.3 is 0 Å². The first-order chi connectivity index (χ1) is 8.36. The molecule has 1 aromatic rings. The van der Waals surface area contributed by atoms with Gasteiger partial charge in [-0.05, 0) is 23.8 Å². The van der Waals surface area contributed by atoms with E-state index in [-0.39, 0.29) is 24.0 Å². The van der Waals surface area contributed by atoms with Crippen LogP contribution in [0.15, 0.2) is 11.4 Å². The zero-order valence-electron chi connectivity index (χ0n) is 11.2. The van der Waals surface area contributed by atoms with Gasteiger partial charge in [-0.15, -0.1) is 11.3 Å². The molecule has 2 N–H and O–H groups in total. The number of thiophene rings is 1. The van der Waals surface area contributed by atoms with E-state index in [1.165, 1.54) is 11.3 Å². The summed E-state index contributed by atoms with van der Waals surface area (Å²) in [7, 11) is 0. The monoisotopic (exact) mass is 265 g/mol. The number of aliphatic hydroxyl groups is 1. The molecule has 1 unspecified atom stereocenters. The third-order valence-electron chi connectivity index (χ3n) is 2.82. The van der Waals surface area contributed by atoms with Crippen LogP contribution in [0.4, 0.5) is 0 Å². The fourth-order valence-electron chi connectivity index (χ4n) is 1.20. The normalized spacial score (nSPS) is 12.5. The van der Waals surface area contributed by atoms with E-state index in [9.17, 15) is 4.79 Å². The van der Waals surface area contributed by atoms with E-state index in [0.29, 0.717) is 10.4 Å². The lowest BCUT2D eigenvalue weighted by molar-refractivity contribution is 0.0914. The maximum Gasteiger partial charge on any atom is 0.262 e. The van der Waals surface area contributed by atoms with Gasteiger partial charge in [-0.3, -0.25) is 4.79 Å². The Labute approximate surface area is 112 Å². The molecule has 3 nitrogen and oxygen atoms in total. The summed E-state index contributed by atoms with van der Waals surface area (Å²) >= 11 is 1.36. The lowest BCUT2D eigenvalue weighted by Crippen LogP contribution is -2.41. The van der Waals surface area contributed by atoms with Crippen molar-refractivity contribution in [1.82, 2.24) is 5.32 Å². The van der Waals surface area contributed by atoms with Crippen LogP contribution in [0, 0.1) is 17.3 Å². The highest BCUT2D eigenvalue weighted by Gasteiger charge is 2.23. The van der Waals surface area contributed by atoms with Crippen molar-refractivity contribution in [3.8, 4) is 11.8 Å². The minimum Gasteiger partial charge on any atom is -0.384 e. The Balaban J connectivity index is 2.82. The number of nitrogens with one attached hydrogen (secondary N) is 1. The van der Waals surface area contributed by atoms with E-state index in [0.717, 1.165) is 0 Å². The van der Waals surface area contributed by atoms with Gasteiger partial charge in [0.2, 0.25) is 0 Å². The van der Waals surface area contributed by atoms with E-state index in [1.54, 1.807) is 6.07 Å². The summed E-state index contributed by atoms with van der Waals surface area (Å²) in [5.74, 6) is 5.24.